The number of rotatable bonds is 4. The first-order valence-electron chi connectivity index (χ1n) is 8.60. The number of hydrogen-bond acceptors (Lipinski definition) is 2. The molecule has 0 bridgehead atoms. The molecule has 2 aromatic heterocycles. The Bertz CT molecular complexity index is 907. The summed E-state index contributed by atoms with van der Waals surface area (Å²) < 4.78 is 2.25. The van der Waals surface area contributed by atoms with Gasteiger partial charge >= 0.3 is 0 Å². The standard InChI is InChI=1S/C20H19ClN4S/c1-2-24-13-5-7-17(24)19-18(16-6-3-4-12-22-16)23-20(26)25(19)15-10-8-14(21)9-11-15/h3-13,18-19H,2H2,1H3,(H,23,26)/t18-,19+/m0/s1. The number of aryl methyl sites for hydroxylation is 1. The lowest BCUT2D eigenvalue weighted by Crippen LogP contribution is -2.30. The first-order valence-corrected chi connectivity index (χ1v) is 9.39. The third kappa shape index (κ3) is 2.97. The van der Waals surface area contributed by atoms with Gasteiger partial charge in [-0.25, -0.2) is 0 Å². The highest BCUT2D eigenvalue weighted by atomic mass is 35.5. The number of hydrogen-bond donors (Lipinski definition) is 1. The summed E-state index contributed by atoms with van der Waals surface area (Å²) in [5.74, 6) is 0. The quantitative estimate of drug-likeness (QED) is 0.661. The average molecular weight is 383 g/mol. The largest absolute Gasteiger partial charge is 0.351 e. The van der Waals surface area contributed by atoms with Crippen LogP contribution < -0.4 is 10.2 Å². The molecule has 1 aliphatic rings. The Morgan fingerprint density at radius 3 is 2.62 bits per heavy atom. The van der Waals surface area contributed by atoms with Crippen molar-refractivity contribution in [1.29, 1.82) is 0 Å². The van der Waals surface area contributed by atoms with Crippen molar-refractivity contribution in [3.8, 4) is 0 Å². The van der Waals surface area contributed by atoms with E-state index in [1.54, 1.807) is 0 Å². The van der Waals surface area contributed by atoms with Gasteiger partial charge in [0, 0.05) is 35.3 Å². The molecular weight excluding hydrogens is 364 g/mol. The van der Waals surface area contributed by atoms with Gasteiger partial charge in [0.2, 0.25) is 0 Å². The van der Waals surface area contributed by atoms with Crippen molar-refractivity contribution in [2.75, 3.05) is 4.90 Å². The summed E-state index contributed by atoms with van der Waals surface area (Å²) >= 11 is 11.8. The number of thiocarbonyl (C=S) groups is 1. The van der Waals surface area contributed by atoms with Crippen molar-refractivity contribution in [1.82, 2.24) is 14.9 Å². The molecule has 2 atom stereocenters. The van der Waals surface area contributed by atoms with E-state index in [0.717, 1.165) is 17.9 Å². The topological polar surface area (TPSA) is 33.1 Å². The lowest BCUT2D eigenvalue weighted by molar-refractivity contribution is 0.529. The first kappa shape index (κ1) is 17.1. The van der Waals surface area contributed by atoms with E-state index in [-0.39, 0.29) is 12.1 Å². The number of aromatic nitrogens is 2. The first-order chi connectivity index (χ1) is 12.7. The summed E-state index contributed by atoms with van der Waals surface area (Å²) in [6, 6.07) is 18.0. The molecule has 1 fully saturated rings. The van der Waals surface area contributed by atoms with Gasteiger partial charge in [0.1, 0.15) is 6.04 Å². The number of nitrogens with zero attached hydrogens (tertiary/aromatic N) is 3. The molecule has 1 saturated heterocycles. The predicted molar refractivity (Wildman–Crippen MR) is 109 cm³/mol. The van der Waals surface area contributed by atoms with Crippen LogP contribution in [0, 0.1) is 0 Å². The fourth-order valence-electron chi connectivity index (χ4n) is 3.52. The van der Waals surface area contributed by atoms with Crippen molar-refractivity contribution in [3.05, 3.63) is 83.4 Å². The number of nitrogens with one attached hydrogen (secondary N) is 1. The van der Waals surface area contributed by atoms with Crippen molar-refractivity contribution in [3.63, 3.8) is 0 Å². The van der Waals surface area contributed by atoms with E-state index in [1.165, 1.54) is 5.69 Å². The minimum absolute atomic E-state index is 0.00789. The molecule has 1 N–H and O–H groups in total. The van der Waals surface area contributed by atoms with Gasteiger partial charge in [0.15, 0.2) is 5.11 Å². The zero-order valence-corrected chi connectivity index (χ0v) is 15.9. The number of halogens is 1. The van der Waals surface area contributed by atoms with E-state index in [9.17, 15) is 0 Å². The number of anilines is 1. The lowest BCUT2D eigenvalue weighted by atomic mass is 10.0. The van der Waals surface area contributed by atoms with E-state index in [1.807, 2.05) is 48.7 Å². The fraction of sp³-hybridized carbons (Fsp3) is 0.200. The number of pyridine rings is 1. The highest BCUT2D eigenvalue weighted by molar-refractivity contribution is 7.80. The molecule has 1 aliphatic heterocycles. The van der Waals surface area contributed by atoms with E-state index in [2.05, 4.69) is 45.0 Å². The molecule has 1 aromatic carbocycles. The highest BCUT2D eigenvalue weighted by Crippen LogP contribution is 2.41. The highest BCUT2D eigenvalue weighted by Gasteiger charge is 2.41. The van der Waals surface area contributed by atoms with Gasteiger partial charge in [-0.2, -0.15) is 0 Å². The maximum absolute atomic E-state index is 6.08. The summed E-state index contributed by atoms with van der Waals surface area (Å²) in [5, 5.41) is 4.87. The smallest absolute Gasteiger partial charge is 0.174 e. The molecule has 6 heteroatoms. The Morgan fingerprint density at radius 1 is 1.12 bits per heavy atom. The molecule has 0 amide bonds. The molecule has 0 aliphatic carbocycles. The summed E-state index contributed by atoms with van der Waals surface area (Å²) in [4.78, 5) is 6.73. The second kappa shape index (κ2) is 7.09. The van der Waals surface area contributed by atoms with Gasteiger partial charge in [0.25, 0.3) is 0 Å². The summed E-state index contributed by atoms with van der Waals surface area (Å²) in [7, 11) is 0. The Balaban J connectivity index is 1.84. The Hall–Kier alpha value is -2.37. The van der Waals surface area contributed by atoms with E-state index >= 15 is 0 Å². The molecular formula is C20H19ClN4S. The summed E-state index contributed by atoms with van der Waals surface area (Å²) in [6.07, 6.45) is 3.92. The third-order valence-corrected chi connectivity index (χ3v) is 5.28. The van der Waals surface area contributed by atoms with Crippen LogP contribution in [0.4, 0.5) is 5.69 Å². The van der Waals surface area contributed by atoms with Gasteiger partial charge in [-0.15, -0.1) is 0 Å². The average Bonchev–Trinajstić information content (AvgIpc) is 3.27. The molecule has 3 aromatic rings. The van der Waals surface area contributed by atoms with Gasteiger partial charge in [-0.05, 0) is 67.7 Å². The van der Waals surface area contributed by atoms with Crippen LogP contribution in [0.25, 0.3) is 0 Å². The van der Waals surface area contributed by atoms with Gasteiger partial charge < -0.3 is 14.8 Å². The van der Waals surface area contributed by atoms with Crippen LogP contribution in [-0.2, 0) is 6.54 Å². The van der Waals surface area contributed by atoms with Crippen molar-refractivity contribution in [2.45, 2.75) is 25.6 Å². The zero-order chi connectivity index (χ0) is 18.1. The lowest BCUT2D eigenvalue weighted by Gasteiger charge is -2.28. The summed E-state index contributed by atoms with van der Waals surface area (Å²) in [6.45, 7) is 3.04. The van der Waals surface area contributed by atoms with Crippen molar-refractivity contribution in [2.24, 2.45) is 0 Å². The maximum atomic E-state index is 6.08. The molecule has 26 heavy (non-hydrogen) atoms. The number of benzene rings is 1. The molecule has 0 spiro atoms. The van der Waals surface area contributed by atoms with Crippen LogP contribution in [0.1, 0.15) is 30.4 Å². The van der Waals surface area contributed by atoms with Crippen molar-refractivity contribution < 1.29 is 0 Å². The van der Waals surface area contributed by atoms with E-state index in [4.69, 9.17) is 23.8 Å². The van der Waals surface area contributed by atoms with Gasteiger partial charge in [-0.3, -0.25) is 4.98 Å². The molecule has 0 radical (unpaired) electrons. The van der Waals surface area contributed by atoms with Crippen LogP contribution in [0.15, 0.2) is 67.0 Å². The second-order valence-electron chi connectivity index (χ2n) is 6.19. The third-order valence-electron chi connectivity index (χ3n) is 4.71. The van der Waals surface area contributed by atoms with E-state index in [0.29, 0.717) is 10.1 Å². The van der Waals surface area contributed by atoms with Crippen LogP contribution in [0.5, 0.6) is 0 Å². The molecule has 3 heterocycles. The second-order valence-corrected chi connectivity index (χ2v) is 7.02. The Kier molecular flexibility index (Phi) is 4.66. The molecule has 0 unspecified atom stereocenters. The monoisotopic (exact) mass is 382 g/mol. The minimum atomic E-state index is -0.0282. The van der Waals surface area contributed by atoms with Crippen LogP contribution >= 0.6 is 23.8 Å². The van der Waals surface area contributed by atoms with Crippen molar-refractivity contribution >= 4 is 34.6 Å². The Labute approximate surface area is 163 Å². The molecule has 4 rings (SSSR count). The minimum Gasteiger partial charge on any atom is -0.351 e. The normalized spacial score (nSPS) is 19.6. The van der Waals surface area contributed by atoms with Gasteiger partial charge in [-0.1, -0.05) is 17.7 Å². The Morgan fingerprint density at radius 2 is 1.92 bits per heavy atom. The van der Waals surface area contributed by atoms with Crippen LogP contribution in [-0.4, -0.2) is 14.7 Å². The molecule has 0 saturated carbocycles. The summed E-state index contributed by atoms with van der Waals surface area (Å²) in [5.41, 5.74) is 3.19. The fourth-order valence-corrected chi connectivity index (χ4v) is 3.99. The van der Waals surface area contributed by atoms with Gasteiger partial charge in [0.05, 0.1) is 11.7 Å². The predicted octanol–water partition coefficient (Wildman–Crippen LogP) is 4.73. The van der Waals surface area contributed by atoms with E-state index < -0.39 is 0 Å². The molecule has 132 valence electrons. The SMILES string of the molecule is CCn1cccc1[C@@H]1[C@H](c2ccccn2)NC(=S)N1c1ccc(Cl)cc1. The maximum Gasteiger partial charge on any atom is 0.174 e. The molecule has 4 nitrogen and oxygen atoms in total. The zero-order valence-electron chi connectivity index (χ0n) is 14.3. The van der Waals surface area contributed by atoms with Crippen LogP contribution in [0.3, 0.4) is 0 Å². The van der Waals surface area contributed by atoms with Crippen LogP contribution in [0.2, 0.25) is 5.02 Å².